The molecule has 2 aromatic rings. The van der Waals surface area contributed by atoms with E-state index in [1.54, 1.807) is 19.1 Å². The van der Waals surface area contributed by atoms with Gasteiger partial charge >= 0.3 is 0 Å². The van der Waals surface area contributed by atoms with E-state index in [-0.39, 0.29) is 10.6 Å². The van der Waals surface area contributed by atoms with Gasteiger partial charge in [-0.15, -0.1) is 0 Å². The molecule has 0 amide bonds. The summed E-state index contributed by atoms with van der Waals surface area (Å²) in [7, 11) is -3.69. The van der Waals surface area contributed by atoms with Crippen LogP contribution in [0, 0.1) is 6.92 Å². The Labute approximate surface area is 116 Å². The third kappa shape index (κ3) is 3.19. The van der Waals surface area contributed by atoms with E-state index in [4.69, 9.17) is 11.6 Å². The quantitative estimate of drug-likeness (QED) is 0.855. The zero-order chi connectivity index (χ0) is 14.0. The van der Waals surface area contributed by atoms with Gasteiger partial charge in [0.05, 0.1) is 10.6 Å². The van der Waals surface area contributed by atoms with Crippen LogP contribution in [0.5, 0.6) is 5.75 Å². The van der Waals surface area contributed by atoms with Crippen molar-refractivity contribution >= 4 is 27.3 Å². The number of hydrogen-bond acceptors (Lipinski definition) is 3. The molecule has 0 atom stereocenters. The van der Waals surface area contributed by atoms with Gasteiger partial charge in [-0.05, 0) is 48.9 Å². The van der Waals surface area contributed by atoms with Gasteiger partial charge in [0, 0.05) is 5.02 Å². The fourth-order valence-electron chi connectivity index (χ4n) is 1.60. The predicted octanol–water partition coefficient (Wildman–Crippen LogP) is 3.15. The number of phenolic OH excluding ortho intramolecular Hbond substituents is 1. The minimum absolute atomic E-state index is 0.0863. The Morgan fingerprint density at radius 1 is 1.16 bits per heavy atom. The molecule has 2 rings (SSSR count). The molecule has 2 N–H and O–H groups in total. The van der Waals surface area contributed by atoms with Gasteiger partial charge in [-0.25, -0.2) is 8.42 Å². The summed E-state index contributed by atoms with van der Waals surface area (Å²) >= 11 is 5.78. The van der Waals surface area contributed by atoms with Crippen LogP contribution in [0.3, 0.4) is 0 Å². The number of phenols is 1. The normalized spacial score (nSPS) is 11.3. The highest BCUT2D eigenvalue weighted by molar-refractivity contribution is 7.92. The summed E-state index contributed by atoms with van der Waals surface area (Å²) in [5, 5.41) is 9.65. The summed E-state index contributed by atoms with van der Waals surface area (Å²) in [4.78, 5) is 0.0903. The van der Waals surface area contributed by atoms with Crippen molar-refractivity contribution in [1.29, 1.82) is 0 Å². The van der Waals surface area contributed by atoms with Crippen LogP contribution in [0.15, 0.2) is 47.4 Å². The standard InChI is InChI=1S/C13H12ClNO3S/c1-9-7-11(16)5-6-13(9)15-19(17,18)12-4-2-3-10(14)8-12/h2-8,15-16H,1H3. The van der Waals surface area contributed by atoms with E-state index >= 15 is 0 Å². The van der Waals surface area contributed by atoms with Crippen LogP contribution in [0.25, 0.3) is 0 Å². The van der Waals surface area contributed by atoms with Crippen LogP contribution < -0.4 is 4.72 Å². The van der Waals surface area contributed by atoms with Crippen molar-refractivity contribution in [2.75, 3.05) is 4.72 Å². The lowest BCUT2D eigenvalue weighted by Crippen LogP contribution is -2.13. The van der Waals surface area contributed by atoms with Crippen LogP contribution in [0.2, 0.25) is 5.02 Å². The number of hydrogen-bond donors (Lipinski definition) is 2. The Morgan fingerprint density at radius 3 is 2.53 bits per heavy atom. The van der Waals surface area contributed by atoms with Crippen molar-refractivity contribution in [2.45, 2.75) is 11.8 Å². The molecule has 19 heavy (non-hydrogen) atoms. The average molecular weight is 298 g/mol. The number of anilines is 1. The van der Waals surface area contributed by atoms with Gasteiger partial charge in [0.1, 0.15) is 5.75 Å². The molecule has 0 unspecified atom stereocenters. The average Bonchev–Trinajstić information content (AvgIpc) is 2.33. The monoisotopic (exact) mass is 297 g/mol. The molecule has 0 aliphatic carbocycles. The van der Waals surface area contributed by atoms with Crippen molar-refractivity contribution in [2.24, 2.45) is 0 Å². The lowest BCUT2D eigenvalue weighted by Gasteiger charge is -2.11. The van der Waals surface area contributed by atoms with Gasteiger partial charge in [-0.1, -0.05) is 17.7 Å². The topological polar surface area (TPSA) is 66.4 Å². The molecule has 0 bridgehead atoms. The van der Waals surface area contributed by atoms with Crippen molar-refractivity contribution in [1.82, 2.24) is 0 Å². The molecule has 6 heteroatoms. The van der Waals surface area contributed by atoms with Crippen LogP contribution >= 0.6 is 11.6 Å². The van der Waals surface area contributed by atoms with Crippen LogP contribution in [-0.4, -0.2) is 13.5 Å². The Morgan fingerprint density at radius 2 is 1.89 bits per heavy atom. The molecular formula is C13H12ClNO3S. The third-order valence-corrected chi connectivity index (χ3v) is 4.16. The van der Waals surface area contributed by atoms with E-state index in [1.165, 1.54) is 30.3 Å². The SMILES string of the molecule is Cc1cc(O)ccc1NS(=O)(=O)c1cccc(Cl)c1. The number of aromatic hydroxyl groups is 1. The lowest BCUT2D eigenvalue weighted by atomic mass is 10.2. The highest BCUT2D eigenvalue weighted by atomic mass is 35.5. The highest BCUT2D eigenvalue weighted by Crippen LogP contribution is 2.24. The van der Waals surface area contributed by atoms with E-state index in [9.17, 15) is 13.5 Å². The number of rotatable bonds is 3. The highest BCUT2D eigenvalue weighted by Gasteiger charge is 2.15. The zero-order valence-electron chi connectivity index (χ0n) is 10.1. The first-order chi connectivity index (χ1) is 8.88. The van der Waals surface area contributed by atoms with Crippen LogP contribution in [0.1, 0.15) is 5.56 Å². The Bertz CT molecular complexity index is 714. The number of aryl methyl sites for hydroxylation is 1. The lowest BCUT2D eigenvalue weighted by molar-refractivity contribution is 0.475. The van der Waals surface area contributed by atoms with Crippen molar-refractivity contribution in [3.63, 3.8) is 0 Å². The summed E-state index contributed by atoms with van der Waals surface area (Å²) < 4.78 is 26.8. The Balaban J connectivity index is 2.36. The van der Waals surface area contributed by atoms with Gasteiger partial charge in [0.25, 0.3) is 10.0 Å². The maximum absolute atomic E-state index is 12.2. The zero-order valence-corrected chi connectivity index (χ0v) is 11.7. The van der Waals surface area contributed by atoms with Gasteiger partial charge < -0.3 is 5.11 Å². The van der Waals surface area contributed by atoms with E-state index in [2.05, 4.69) is 4.72 Å². The fraction of sp³-hybridized carbons (Fsp3) is 0.0769. The first-order valence-corrected chi connectivity index (χ1v) is 7.32. The molecule has 0 spiro atoms. The molecular weight excluding hydrogens is 286 g/mol. The number of sulfonamides is 1. The molecule has 0 saturated heterocycles. The largest absolute Gasteiger partial charge is 0.508 e. The van der Waals surface area contributed by atoms with Gasteiger partial charge in [-0.2, -0.15) is 0 Å². The van der Waals surface area contributed by atoms with Crippen molar-refractivity contribution in [3.05, 3.63) is 53.1 Å². The van der Waals surface area contributed by atoms with E-state index < -0.39 is 10.0 Å². The minimum atomic E-state index is -3.69. The molecule has 0 aliphatic rings. The summed E-state index contributed by atoms with van der Waals surface area (Å²) in [6.07, 6.45) is 0. The first kappa shape index (κ1) is 13.7. The second kappa shape index (κ2) is 5.11. The van der Waals surface area contributed by atoms with Crippen LogP contribution in [0.4, 0.5) is 5.69 Å². The van der Waals surface area contributed by atoms with E-state index in [0.29, 0.717) is 16.3 Å². The summed E-state index contributed by atoms with van der Waals surface area (Å²) in [5.74, 6) is 0.0863. The molecule has 100 valence electrons. The number of benzene rings is 2. The molecule has 0 fully saturated rings. The molecule has 0 heterocycles. The third-order valence-electron chi connectivity index (χ3n) is 2.56. The van der Waals surface area contributed by atoms with Crippen LogP contribution in [-0.2, 0) is 10.0 Å². The Kier molecular flexibility index (Phi) is 3.68. The van der Waals surface area contributed by atoms with Crippen molar-refractivity contribution < 1.29 is 13.5 Å². The van der Waals surface area contributed by atoms with Crippen molar-refractivity contribution in [3.8, 4) is 5.75 Å². The van der Waals surface area contributed by atoms with Gasteiger partial charge in [0.2, 0.25) is 0 Å². The first-order valence-electron chi connectivity index (χ1n) is 5.46. The molecule has 0 aliphatic heterocycles. The summed E-state index contributed by atoms with van der Waals surface area (Å²) in [6.45, 7) is 1.70. The molecule has 4 nitrogen and oxygen atoms in total. The molecule has 2 aromatic carbocycles. The number of halogens is 1. The van der Waals surface area contributed by atoms with Gasteiger partial charge in [-0.3, -0.25) is 4.72 Å². The van der Waals surface area contributed by atoms with Gasteiger partial charge in [0.15, 0.2) is 0 Å². The Hall–Kier alpha value is -1.72. The summed E-state index contributed by atoms with van der Waals surface area (Å²) in [6, 6.07) is 10.4. The molecule has 0 aromatic heterocycles. The van der Waals surface area contributed by atoms with E-state index in [1.807, 2.05) is 0 Å². The molecule has 0 saturated carbocycles. The predicted molar refractivity (Wildman–Crippen MR) is 75.1 cm³/mol. The number of nitrogens with one attached hydrogen (secondary N) is 1. The maximum Gasteiger partial charge on any atom is 0.261 e. The summed E-state index contributed by atoms with van der Waals surface area (Å²) in [5.41, 5.74) is 1.04. The maximum atomic E-state index is 12.2. The smallest absolute Gasteiger partial charge is 0.261 e. The fourth-order valence-corrected chi connectivity index (χ4v) is 3.03. The second-order valence-electron chi connectivity index (χ2n) is 4.06. The van der Waals surface area contributed by atoms with E-state index in [0.717, 1.165) is 0 Å². The second-order valence-corrected chi connectivity index (χ2v) is 6.18. The minimum Gasteiger partial charge on any atom is -0.508 e. The molecule has 0 radical (unpaired) electrons.